The van der Waals surface area contributed by atoms with Crippen molar-refractivity contribution in [2.75, 3.05) is 19.7 Å². The molecule has 1 amide bonds. The van der Waals surface area contributed by atoms with Gasteiger partial charge >= 0.3 is 5.97 Å². The van der Waals surface area contributed by atoms with Gasteiger partial charge in [-0.05, 0) is 68.2 Å². The van der Waals surface area contributed by atoms with Crippen LogP contribution in [0, 0.1) is 17.8 Å². The predicted octanol–water partition coefficient (Wildman–Crippen LogP) is 2.42. The van der Waals surface area contributed by atoms with Gasteiger partial charge in [0.05, 0.1) is 10.5 Å². The van der Waals surface area contributed by atoms with E-state index in [0.717, 1.165) is 19.3 Å². The van der Waals surface area contributed by atoms with Crippen molar-refractivity contribution in [3.05, 3.63) is 29.8 Å². The number of sulfonamides is 1. The van der Waals surface area contributed by atoms with Crippen molar-refractivity contribution in [1.29, 1.82) is 0 Å². The summed E-state index contributed by atoms with van der Waals surface area (Å²) in [5.74, 6) is 0.178. The number of hydrogen-bond donors (Lipinski definition) is 1. The van der Waals surface area contributed by atoms with E-state index in [1.807, 2.05) is 6.92 Å². The Morgan fingerprint density at radius 1 is 1.14 bits per heavy atom. The predicted molar refractivity (Wildman–Crippen MR) is 109 cm³/mol. The fraction of sp³-hybridized carbons (Fsp3) is 0.619. The number of rotatable bonds is 7. The van der Waals surface area contributed by atoms with Gasteiger partial charge in [-0.2, -0.15) is 4.31 Å². The van der Waals surface area contributed by atoms with Gasteiger partial charge in [0, 0.05) is 19.1 Å². The van der Waals surface area contributed by atoms with E-state index < -0.39 is 16.0 Å². The molecule has 1 aromatic rings. The van der Waals surface area contributed by atoms with Crippen LogP contribution in [0.2, 0.25) is 0 Å². The fourth-order valence-electron chi connectivity index (χ4n) is 3.94. The van der Waals surface area contributed by atoms with E-state index in [-0.39, 0.29) is 29.0 Å². The molecular formula is C21H30N2O5S. The first kappa shape index (κ1) is 21.8. The molecule has 3 atom stereocenters. The van der Waals surface area contributed by atoms with E-state index in [0.29, 0.717) is 30.8 Å². The summed E-state index contributed by atoms with van der Waals surface area (Å²) in [4.78, 5) is 24.2. The van der Waals surface area contributed by atoms with Crippen molar-refractivity contribution in [2.24, 2.45) is 17.8 Å². The SMILES string of the molecule is C[C@H]1C[C@H](C)CN(S(=O)(=O)c2ccc(C(=O)OCC(=O)N[C@@H](C)C3CC3)cc2)C1. The Kier molecular flexibility index (Phi) is 6.63. The van der Waals surface area contributed by atoms with Crippen LogP contribution in [0.3, 0.4) is 0 Å². The van der Waals surface area contributed by atoms with Crippen molar-refractivity contribution in [1.82, 2.24) is 9.62 Å². The molecule has 3 rings (SSSR count). The molecular weight excluding hydrogens is 392 g/mol. The van der Waals surface area contributed by atoms with E-state index in [9.17, 15) is 18.0 Å². The first-order valence-corrected chi connectivity index (χ1v) is 11.7. The van der Waals surface area contributed by atoms with Gasteiger partial charge in [-0.3, -0.25) is 4.79 Å². The van der Waals surface area contributed by atoms with Crippen LogP contribution in [0.1, 0.15) is 50.4 Å². The van der Waals surface area contributed by atoms with E-state index in [1.54, 1.807) is 0 Å². The van der Waals surface area contributed by atoms with Gasteiger partial charge in [-0.15, -0.1) is 0 Å². The lowest BCUT2D eigenvalue weighted by molar-refractivity contribution is -0.124. The maximum atomic E-state index is 12.9. The van der Waals surface area contributed by atoms with E-state index >= 15 is 0 Å². The Bertz CT molecular complexity index is 838. The molecule has 1 saturated heterocycles. The Labute approximate surface area is 172 Å². The van der Waals surface area contributed by atoms with Crippen LogP contribution in [0.25, 0.3) is 0 Å². The monoisotopic (exact) mass is 422 g/mol. The first-order chi connectivity index (χ1) is 13.7. The van der Waals surface area contributed by atoms with Crippen LogP contribution >= 0.6 is 0 Å². The minimum atomic E-state index is -3.59. The van der Waals surface area contributed by atoms with Crippen molar-refractivity contribution in [2.45, 2.75) is 51.0 Å². The Morgan fingerprint density at radius 3 is 2.28 bits per heavy atom. The van der Waals surface area contributed by atoms with Crippen LogP contribution in [0.4, 0.5) is 0 Å². The third-order valence-electron chi connectivity index (χ3n) is 5.62. The minimum Gasteiger partial charge on any atom is -0.452 e. The molecule has 0 bridgehead atoms. The summed E-state index contributed by atoms with van der Waals surface area (Å²) in [6.07, 6.45) is 3.25. The topological polar surface area (TPSA) is 92.8 Å². The second-order valence-electron chi connectivity index (χ2n) is 8.56. The Balaban J connectivity index is 1.57. The molecule has 1 aliphatic heterocycles. The Hall–Kier alpha value is -1.93. The summed E-state index contributed by atoms with van der Waals surface area (Å²) < 4.78 is 32.4. The summed E-state index contributed by atoms with van der Waals surface area (Å²) in [5.41, 5.74) is 0.215. The molecule has 0 aromatic heterocycles. The average molecular weight is 423 g/mol. The molecule has 7 nitrogen and oxygen atoms in total. The smallest absolute Gasteiger partial charge is 0.338 e. The van der Waals surface area contributed by atoms with Crippen LogP contribution in [-0.4, -0.2) is 50.3 Å². The standard InChI is InChI=1S/C21H30N2O5S/c1-14-10-15(2)12-23(11-14)29(26,27)19-8-6-18(7-9-19)21(25)28-13-20(24)22-16(3)17-4-5-17/h6-9,14-17H,4-5,10-13H2,1-3H3,(H,22,24)/t14-,15-,16-/m0/s1. The van der Waals surface area contributed by atoms with Crippen molar-refractivity contribution in [3.8, 4) is 0 Å². The zero-order valence-corrected chi connectivity index (χ0v) is 18.1. The van der Waals surface area contributed by atoms with Gasteiger partial charge in [0.2, 0.25) is 10.0 Å². The number of nitrogens with one attached hydrogen (secondary N) is 1. The molecule has 2 aliphatic rings. The second-order valence-corrected chi connectivity index (χ2v) is 10.5. The first-order valence-electron chi connectivity index (χ1n) is 10.2. The molecule has 1 saturated carbocycles. The normalized spacial score (nSPS) is 24.0. The molecule has 1 heterocycles. The molecule has 0 spiro atoms. The molecule has 29 heavy (non-hydrogen) atoms. The summed E-state index contributed by atoms with van der Waals surface area (Å²) in [6.45, 7) is 6.72. The van der Waals surface area contributed by atoms with Crippen molar-refractivity contribution in [3.63, 3.8) is 0 Å². The number of benzene rings is 1. The third-order valence-corrected chi connectivity index (χ3v) is 7.46. The molecule has 1 aliphatic carbocycles. The van der Waals surface area contributed by atoms with Crippen LogP contribution in [0.15, 0.2) is 29.2 Å². The van der Waals surface area contributed by atoms with Crippen LogP contribution in [0.5, 0.6) is 0 Å². The lowest BCUT2D eigenvalue weighted by atomic mass is 9.94. The van der Waals surface area contributed by atoms with Gasteiger partial charge in [-0.1, -0.05) is 13.8 Å². The molecule has 160 valence electrons. The molecule has 0 radical (unpaired) electrons. The van der Waals surface area contributed by atoms with Crippen LogP contribution in [-0.2, 0) is 19.6 Å². The highest BCUT2D eigenvalue weighted by molar-refractivity contribution is 7.89. The molecule has 1 N–H and O–H groups in total. The molecule has 1 aromatic carbocycles. The minimum absolute atomic E-state index is 0.0888. The van der Waals surface area contributed by atoms with Crippen LogP contribution < -0.4 is 5.32 Å². The van der Waals surface area contributed by atoms with Gasteiger partial charge < -0.3 is 10.1 Å². The highest BCUT2D eigenvalue weighted by atomic mass is 32.2. The summed E-state index contributed by atoms with van der Waals surface area (Å²) in [7, 11) is -3.59. The number of amides is 1. The van der Waals surface area contributed by atoms with Gasteiger partial charge in [0.15, 0.2) is 6.61 Å². The lowest BCUT2D eigenvalue weighted by Crippen LogP contribution is -2.42. The summed E-state index contributed by atoms with van der Waals surface area (Å²) in [5, 5.41) is 2.82. The maximum absolute atomic E-state index is 12.9. The molecule has 2 fully saturated rings. The second kappa shape index (κ2) is 8.83. The number of nitrogens with zero attached hydrogens (tertiary/aromatic N) is 1. The number of carbonyl (C=O) groups is 2. The van der Waals surface area contributed by atoms with E-state index in [2.05, 4.69) is 19.2 Å². The molecule has 0 unspecified atom stereocenters. The van der Waals surface area contributed by atoms with Gasteiger partial charge in [-0.25, -0.2) is 13.2 Å². The zero-order chi connectivity index (χ0) is 21.2. The number of piperidine rings is 1. The fourth-order valence-corrected chi connectivity index (χ4v) is 5.62. The third kappa shape index (κ3) is 5.57. The lowest BCUT2D eigenvalue weighted by Gasteiger charge is -2.34. The highest BCUT2D eigenvalue weighted by Gasteiger charge is 2.32. The summed E-state index contributed by atoms with van der Waals surface area (Å²) >= 11 is 0. The number of carbonyl (C=O) groups excluding carboxylic acids is 2. The number of ether oxygens (including phenoxy) is 1. The number of hydrogen-bond acceptors (Lipinski definition) is 5. The van der Waals surface area contributed by atoms with E-state index in [4.69, 9.17) is 4.74 Å². The average Bonchev–Trinajstić information content (AvgIpc) is 3.51. The van der Waals surface area contributed by atoms with Gasteiger partial charge in [0.1, 0.15) is 0 Å². The van der Waals surface area contributed by atoms with Crippen molar-refractivity contribution < 1.29 is 22.7 Å². The quantitative estimate of drug-likeness (QED) is 0.681. The zero-order valence-electron chi connectivity index (χ0n) is 17.3. The largest absolute Gasteiger partial charge is 0.452 e. The van der Waals surface area contributed by atoms with Crippen molar-refractivity contribution >= 4 is 21.9 Å². The van der Waals surface area contributed by atoms with Gasteiger partial charge in [0.25, 0.3) is 5.91 Å². The highest BCUT2D eigenvalue weighted by Crippen LogP contribution is 2.32. The van der Waals surface area contributed by atoms with E-state index in [1.165, 1.54) is 28.6 Å². The Morgan fingerprint density at radius 2 is 1.72 bits per heavy atom. The number of esters is 1. The maximum Gasteiger partial charge on any atom is 0.338 e. The molecule has 8 heteroatoms. The summed E-state index contributed by atoms with van der Waals surface area (Å²) in [6, 6.07) is 5.79.